The topological polar surface area (TPSA) is 26.3 Å². The molecule has 7 heteroatoms. The van der Waals surface area contributed by atoms with E-state index in [1.165, 1.54) is 18.2 Å². The fourth-order valence-corrected chi connectivity index (χ4v) is 1.21. The Morgan fingerprint density at radius 2 is 1.67 bits per heavy atom. The van der Waals surface area contributed by atoms with Gasteiger partial charge in [0.15, 0.2) is 5.75 Å². The van der Waals surface area contributed by atoms with E-state index in [-0.39, 0.29) is 10.0 Å². The number of rotatable bonds is 1. The van der Waals surface area contributed by atoms with E-state index in [4.69, 9.17) is 23.2 Å². The van der Waals surface area contributed by atoms with Gasteiger partial charge in [-0.05, 0) is 12.1 Å². The highest BCUT2D eigenvalue weighted by Crippen LogP contribution is 2.33. The quantitative estimate of drug-likeness (QED) is 0.570. The molecule has 0 aliphatic heterocycles. The van der Waals surface area contributed by atoms with Gasteiger partial charge in [0, 0.05) is 0 Å². The summed E-state index contributed by atoms with van der Waals surface area (Å²) in [5, 5.41) is -0.333. The van der Waals surface area contributed by atoms with E-state index >= 15 is 0 Å². The molecule has 0 aromatic heterocycles. The lowest BCUT2D eigenvalue weighted by molar-refractivity contribution is -0.189. The molecule has 15 heavy (non-hydrogen) atoms. The Hall–Kier alpha value is -0.940. The maximum absolute atomic E-state index is 11.8. The number of carbonyl (C=O) groups excluding carboxylic acids is 1. The van der Waals surface area contributed by atoms with Gasteiger partial charge in [-0.3, -0.25) is 0 Å². The first-order valence-corrected chi connectivity index (χ1v) is 4.31. The molecular formula is C8H3Cl2F3O2. The number of halogens is 5. The third kappa shape index (κ3) is 3.00. The maximum Gasteiger partial charge on any atom is 0.491 e. The zero-order valence-corrected chi connectivity index (χ0v) is 8.45. The Morgan fingerprint density at radius 3 is 2.07 bits per heavy atom. The van der Waals surface area contributed by atoms with Crippen molar-refractivity contribution in [2.45, 2.75) is 6.18 Å². The van der Waals surface area contributed by atoms with Gasteiger partial charge in [0.05, 0.1) is 10.0 Å². The normalized spacial score (nSPS) is 11.3. The summed E-state index contributed by atoms with van der Waals surface area (Å²) >= 11 is 11.0. The molecule has 0 amide bonds. The second-order valence-electron chi connectivity index (χ2n) is 2.44. The zero-order valence-electron chi connectivity index (χ0n) is 6.94. The van der Waals surface area contributed by atoms with Crippen LogP contribution in [-0.2, 0) is 4.79 Å². The first-order chi connectivity index (χ1) is 6.82. The first-order valence-electron chi connectivity index (χ1n) is 3.55. The van der Waals surface area contributed by atoms with Crippen LogP contribution in [0.5, 0.6) is 5.75 Å². The summed E-state index contributed by atoms with van der Waals surface area (Å²) in [6.45, 7) is 0. The van der Waals surface area contributed by atoms with Crippen molar-refractivity contribution in [3.8, 4) is 5.75 Å². The first kappa shape index (κ1) is 12.1. The minimum Gasteiger partial charge on any atom is -0.417 e. The Morgan fingerprint density at radius 1 is 1.20 bits per heavy atom. The van der Waals surface area contributed by atoms with Crippen LogP contribution < -0.4 is 4.74 Å². The molecule has 0 aliphatic carbocycles. The summed E-state index contributed by atoms with van der Waals surface area (Å²) in [4.78, 5) is 10.5. The van der Waals surface area contributed by atoms with Gasteiger partial charge in [0.1, 0.15) is 0 Å². The molecule has 0 unspecified atom stereocenters. The molecule has 82 valence electrons. The van der Waals surface area contributed by atoms with Gasteiger partial charge in [0.2, 0.25) is 0 Å². The van der Waals surface area contributed by atoms with Gasteiger partial charge in [-0.25, -0.2) is 4.79 Å². The van der Waals surface area contributed by atoms with E-state index in [2.05, 4.69) is 4.74 Å². The molecule has 2 nitrogen and oxygen atoms in total. The van der Waals surface area contributed by atoms with E-state index in [0.29, 0.717) is 0 Å². The second kappa shape index (κ2) is 4.28. The molecule has 0 N–H and O–H groups in total. The highest BCUT2D eigenvalue weighted by Gasteiger charge is 2.41. The van der Waals surface area contributed by atoms with Crippen LogP contribution in [0.1, 0.15) is 0 Å². The number of carbonyl (C=O) groups is 1. The molecule has 0 heterocycles. The van der Waals surface area contributed by atoms with Crippen LogP contribution in [0, 0.1) is 0 Å². The molecule has 0 atom stereocenters. The number of hydrogen-bond donors (Lipinski definition) is 0. The number of benzene rings is 1. The molecule has 0 saturated carbocycles. The van der Waals surface area contributed by atoms with E-state index in [1.54, 1.807) is 0 Å². The molecule has 0 spiro atoms. The molecule has 1 aromatic carbocycles. The van der Waals surface area contributed by atoms with E-state index < -0.39 is 17.9 Å². The predicted octanol–water partition coefficient (Wildman–Crippen LogP) is 3.46. The fraction of sp³-hybridized carbons (Fsp3) is 0.125. The zero-order chi connectivity index (χ0) is 11.6. The van der Waals surface area contributed by atoms with Gasteiger partial charge in [-0.15, -0.1) is 0 Å². The molecule has 0 saturated heterocycles. The van der Waals surface area contributed by atoms with Crippen LogP contribution in [0.3, 0.4) is 0 Å². The van der Waals surface area contributed by atoms with Gasteiger partial charge < -0.3 is 4.74 Å². The van der Waals surface area contributed by atoms with Crippen molar-refractivity contribution in [2.24, 2.45) is 0 Å². The van der Waals surface area contributed by atoms with Gasteiger partial charge >= 0.3 is 12.1 Å². The van der Waals surface area contributed by atoms with E-state index in [9.17, 15) is 18.0 Å². The summed E-state index contributed by atoms with van der Waals surface area (Å²) in [6.07, 6.45) is -5.08. The summed E-state index contributed by atoms with van der Waals surface area (Å²) in [6, 6.07) is 3.93. The van der Waals surface area contributed by atoms with Gasteiger partial charge in [-0.1, -0.05) is 29.3 Å². The van der Waals surface area contributed by atoms with Crippen LogP contribution in [-0.4, -0.2) is 12.1 Å². The highest BCUT2D eigenvalue weighted by atomic mass is 35.5. The van der Waals surface area contributed by atoms with Crippen molar-refractivity contribution in [3.63, 3.8) is 0 Å². The van der Waals surface area contributed by atoms with Gasteiger partial charge in [-0.2, -0.15) is 13.2 Å². The Balaban J connectivity index is 2.95. The van der Waals surface area contributed by atoms with Crippen molar-refractivity contribution in [1.29, 1.82) is 0 Å². The Kier molecular flexibility index (Phi) is 3.46. The van der Waals surface area contributed by atoms with Crippen molar-refractivity contribution >= 4 is 29.2 Å². The minimum atomic E-state index is -5.08. The van der Waals surface area contributed by atoms with Crippen molar-refractivity contribution in [2.75, 3.05) is 0 Å². The summed E-state index contributed by atoms with van der Waals surface area (Å²) in [7, 11) is 0. The molecule has 0 aliphatic rings. The monoisotopic (exact) mass is 258 g/mol. The maximum atomic E-state index is 11.8. The Bertz CT molecular complexity index is 370. The molecule has 0 radical (unpaired) electrons. The molecule has 0 fully saturated rings. The van der Waals surface area contributed by atoms with Crippen molar-refractivity contribution in [1.82, 2.24) is 0 Å². The third-order valence-corrected chi connectivity index (χ3v) is 1.94. The van der Waals surface area contributed by atoms with Crippen LogP contribution in [0.15, 0.2) is 18.2 Å². The molecule has 1 rings (SSSR count). The van der Waals surface area contributed by atoms with E-state index in [1.807, 2.05) is 0 Å². The molecule has 0 bridgehead atoms. The number of ether oxygens (including phenoxy) is 1. The smallest absolute Gasteiger partial charge is 0.417 e. The number of para-hydroxylation sites is 1. The minimum absolute atomic E-state index is 0.167. The Labute approximate surface area is 92.5 Å². The van der Waals surface area contributed by atoms with Crippen LogP contribution >= 0.6 is 23.2 Å². The van der Waals surface area contributed by atoms with Crippen LogP contribution in [0.4, 0.5) is 13.2 Å². The third-order valence-electron chi connectivity index (χ3n) is 1.35. The molecule has 1 aromatic rings. The second-order valence-corrected chi connectivity index (χ2v) is 3.25. The van der Waals surface area contributed by atoms with Crippen molar-refractivity contribution < 1.29 is 22.7 Å². The standard InChI is InChI=1S/C8H3Cl2F3O2/c9-4-2-1-3-5(10)6(4)15-7(14)8(11,12)13/h1-3H. The summed E-state index contributed by atoms with van der Waals surface area (Å²) in [5.41, 5.74) is 0. The highest BCUT2D eigenvalue weighted by molar-refractivity contribution is 6.37. The fourth-order valence-electron chi connectivity index (χ4n) is 0.731. The average molecular weight is 259 g/mol. The largest absolute Gasteiger partial charge is 0.491 e. The van der Waals surface area contributed by atoms with Crippen LogP contribution in [0.25, 0.3) is 0 Å². The lowest BCUT2D eigenvalue weighted by Crippen LogP contribution is -2.28. The van der Waals surface area contributed by atoms with Crippen LogP contribution in [0.2, 0.25) is 10.0 Å². The number of alkyl halides is 3. The average Bonchev–Trinajstić information content (AvgIpc) is 2.09. The SMILES string of the molecule is O=C(Oc1c(Cl)cccc1Cl)C(F)(F)F. The van der Waals surface area contributed by atoms with Crippen molar-refractivity contribution in [3.05, 3.63) is 28.2 Å². The lowest BCUT2D eigenvalue weighted by Gasteiger charge is -2.09. The summed E-state index contributed by atoms with van der Waals surface area (Å²) in [5.74, 6) is -2.86. The number of hydrogen-bond acceptors (Lipinski definition) is 2. The predicted molar refractivity (Wildman–Crippen MR) is 48.2 cm³/mol. The number of esters is 1. The lowest BCUT2D eigenvalue weighted by atomic mass is 10.3. The van der Waals surface area contributed by atoms with E-state index in [0.717, 1.165) is 0 Å². The molecular weight excluding hydrogens is 256 g/mol. The van der Waals surface area contributed by atoms with Gasteiger partial charge in [0.25, 0.3) is 0 Å². The summed E-state index contributed by atoms with van der Waals surface area (Å²) < 4.78 is 39.5.